The Hall–Kier alpha value is -2.02. The third-order valence-electron chi connectivity index (χ3n) is 1.99. The Labute approximate surface area is 102 Å². The van der Waals surface area contributed by atoms with Crippen LogP contribution in [0, 0.1) is 0 Å². The lowest BCUT2D eigenvalue weighted by Gasteiger charge is -2.00. The van der Waals surface area contributed by atoms with Crippen LogP contribution < -0.4 is 11.1 Å². The van der Waals surface area contributed by atoms with Gasteiger partial charge in [0.25, 0.3) is 5.91 Å². The number of amides is 1. The molecular weight excluding hydrogens is 238 g/mol. The van der Waals surface area contributed by atoms with Gasteiger partial charge in [-0.15, -0.1) is 10.2 Å². The Morgan fingerprint density at radius 2 is 2.29 bits per heavy atom. The summed E-state index contributed by atoms with van der Waals surface area (Å²) < 4.78 is 0. The van der Waals surface area contributed by atoms with Crippen LogP contribution in [0.1, 0.15) is 22.4 Å². The largest absolute Gasteiger partial charge is 0.384 e. The molecule has 0 aromatic carbocycles. The summed E-state index contributed by atoms with van der Waals surface area (Å²) >= 11 is 1.35. The minimum Gasteiger partial charge on any atom is -0.384 e. The van der Waals surface area contributed by atoms with Crippen molar-refractivity contribution in [2.75, 3.05) is 11.1 Å². The molecule has 0 fully saturated rings. The summed E-state index contributed by atoms with van der Waals surface area (Å²) in [6, 6.07) is 4.89. The number of nitrogens with one attached hydrogen (secondary N) is 1. The molecule has 3 N–H and O–H groups in total. The molecule has 88 valence electrons. The Kier molecular flexibility index (Phi) is 3.29. The van der Waals surface area contributed by atoms with Gasteiger partial charge in [0.15, 0.2) is 0 Å². The van der Waals surface area contributed by atoms with Gasteiger partial charge >= 0.3 is 0 Å². The number of nitrogens with two attached hydrogens (primary N) is 1. The van der Waals surface area contributed by atoms with Crippen molar-refractivity contribution in [2.45, 2.75) is 13.3 Å². The monoisotopic (exact) mass is 249 g/mol. The van der Waals surface area contributed by atoms with Gasteiger partial charge in [0, 0.05) is 0 Å². The van der Waals surface area contributed by atoms with Gasteiger partial charge in [0.1, 0.15) is 16.5 Å². The van der Waals surface area contributed by atoms with Crippen LogP contribution in [0.5, 0.6) is 0 Å². The van der Waals surface area contributed by atoms with Crippen molar-refractivity contribution in [3.63, 3.8) is 0 Å². The van der Waals surface area contributed by atoms with Crippen LogP contribution in [0.4, 0.5) is 10.9 Å². The average Bonchev–Trinajstić information content (AvgIpc) is 2.77. The molecule has 0 saturated heterocycles. The van der Waals surface area contributed by atoms with Crippen molar-refractivity contribution in [1.29, 1.82) is 0 Å². The summed E-state index contributed by atoms with van der Waals surface area (Å²) in [5, 5.41) is 11.7. The van der Waals surface area contributed by atoms with Crippen LogP contribution in [-0.4, -0.2) is 21.1 Å². The fourth-order valence-electron chi connectivity index (χ4n) is 1.19. The second kappa shape index (κ2) is 4.88. The summed E-state index contributed by atoms with van der Waals surface area (Å²) in [5.74, 6) is -0.0275. The van der Waals surface area contributed by atoms with Gasteiger partial charge in [-0.3, -0.25) is 10.1 Å². The number of hydrogen-bond donors (Lipinski definition) is 2. The standard InChI is InChI=1S/C10H11N5OS/c1-2-8-14-15-10(17-8)13-9(16)6-4-3-5-7(11)12-6/h3-5H,2H2,1H3,(H2,11,12)(H,13,15,16). The number of hydrogen-bond acceptors (Lipinski definition) is 6. The fraction of sp³-hybridized carbons (Fsp3) is 0.200. The predicted molar refractivity (Wildman–Crippen MR) is 65.9 cm³/mol. The lowest BCUT2D eigenvalue weighted by atomic mass is 10.3. The maximum atomic E-state index is 11.8. The van der Waals surface area contributed by atoms with Gasteiger partial charge in [-0.25, -0.2) is 4.98 Å². The van der Waals surface area contributed by atoms with Gasteiger partial charge in [-0.05, 0) is 18.6 Å². The van der Waals surface area contributed by atoms with Crippen LogP contribution in [0.15, 0.2) is 18.2 Å². The molecule has 0 saturated carbocycles. The molecule has 0 aliphatic heterocycles. The minimum atomic E-state index is -0.337. The lowest BCUT2D eigenvalue weighted by Crippen LogP contribution is -2.14. The van der Waals surface area contributed by atoms with Crippen molar-refractivity contribution in [2.24, 2.45) is 0 Å². The number of pyridine rings is 1. The number of anilines is 2. The average molecular weight is 249 g/mol. The number of nitrogen functional groups attached to an aromatic ring is 1. The van der Waals surface area contributed by atoms with E-state index < -0.39 is 0 Å². The predicted octanol–water partition coefficient (Wildman–Crippen LogP) is 1.33. The van der Waals surface area contributed by atoms with Gasteiger partial charge in [0.05, 0.1) is 0 Å². The summed E-state index contributed by atoms with van der Waals surface area (Å²) in [7, 11) is 0. The molecule has 0 aliphatic rings. The molecule has 0 radical (unpaired) electrons. The van der Waals surface area contributed by atoms with E-state index in [1.807, 2.05) is 6.92 Å². The molecule has 0 unspecified atom stereocenters. The second-order valence-electron chi connectivity index (χ2n) is 3.26. The van der Waals surface area contributed by atoms with Crippen molar-refractivity contribution in [3.05, 3.63) is 28.9 Å². The van der Waals surface area contributed by atoms with Gasteiger partial charge in [-0.2, -0.15) is 0 Å². The highest BCUT2D eigenvalue weighted by Gasteiger charge is 2.10. The molecule has 6 nitrogen and oxygen atoms in total. The highest BCUT2D eigenvalue weighted by atomic mass is 32.1. The first-order chi connectivity index (χ1) is 8.19. The van der Waals surface area contributed by atoms with E-state index in [2.05, 4.69) is 20.5 Å². The molecule has 2 rings (SSSR count). The van der Waals surface area contributed by atoms with E-state index in [-0.39, 0.29) is 11.6 Å². The second-order valence-corrected chi connectivity index (χ2v) is 4.32. The Balaban J connectivity index is 2.11. The molecule has 1 amide bonds. The van der Waals surface area contributed by atoms with Crippen LogP contribution >= 0.6 is 11.3 Å². The third-order valence-corrected chi connectivity index (χ3v) is 2.98. The normalized spacial score (nSPS) is 10.2. The highest BCUT2D eigenvalue weighted by molar-refractivity contribution is 7.15. The van der Waals surface area contributed by atoms with Gasteiger partial charge in [0.2, 0.25) is 5.13 Å². The smallest absolute Gasteiger partial charge is 0.276 e. The van der Waals surface area contributed by atoms with Gasteiger partial charge < -0.3 is 5.73 Å². The van der Waals surface area contributed by atoms with Crippen molar-refractivity contribution < 1.29 is 4.79 Å². The minimum absolute atomic E-state index is 0.262. The quantitative estimate of drug-likeness (QED) is 0.855. The molecule has 2 aromatic rings. The molecule has 7 heteroatoms. The number of carbonyl (C=O) groups is 1. The van der Waals surface area contributed by atoms with E-state index in [4.69, 9.17) is 5.73 Å². The first-order valence-electron chi connectivity index (χ1n) is 5.05. The number of aryl methyl sites for hydroxylation is 1. The van der Waals surface area contributed by atoms with Crippen LogP contribution in [0.3, 0.4) is 0 Å². The highest BCUT2D eigenvalue weighted by Crippen LogP contribution is 2.16. The molecule has 17 heavy (non-hydrogen) atoms. The molecule has 0 bridgehead atoms. The van der Waals surface area contributed by atoms with Crippen molar-refractivity contribution >= 4 is 28.2 Å². The number of carbonyl (C=O) groups excluding carboxylic acids is 1. The fourth-order valence-corrected chi connectivity index (χ4v) is 1.86. The Morgan fingerprint density at radius 1 is 1.47 bits per heavy atom. The zero-order valence-electron chi connectivity index (χ0n) is 9.17. The van der Waals surface area contributed by atoms with E-state index in [9.17, 15) is 4.79 Å². The lowest BCUT2D eigenvalue weighted by molar-refractivity contribution is 0.102. The SMILES string of the molecule is CCc1nnc(NC(=O)c2cccc(N)n2)s1. The van der Waals surface area contributed by atoms with Gasteiger partial charge in [-0.1, -0.05) is 24.3 Å². The summed E-state index contributed by atoms with van der Waals surface area (Å²) in [6.07, 6.45) is 0.796. The summed E-state index contributed by atoms with van der Waals surface area (Å²) in [4.78, 5) is 15.7. The first kappa shape index (κ1) is 11.5. The molecular formula is C10H11N5OS. The van der Waals surface area contributed by atoms with Crippen LogP contribution in [-0.2, 0) is 6.42 Å². The van der Waals surface area contributed by atoms with E-state index in [0.717, 1.165) is 11.4 Å². The van der Waals surface area contributed by atoms with E-state index in [0.29, 0.717) is 10.9 Å². The maximum absolute atomic E-state index is 11.8. The van der Waals surface area contributed by atoms with E-state index in [1.165, 1.54) is 11.3 Å². The number of aromatic nitrogens is 3. The van der Waals surface area contributed by atoms with E-state index in [1.54, 1.807) is 18.2 Å². The van der Waals surface area contributed by atoms with Crippen LogP contribution in [0.2, 0.25) is 0 Å². The molecule has 2 heterocycles. The van der Waals surface area contributed by atoms with Crippen molar-refractivity contribution in [1.82, 2.24) is 15.2 Å². The van der Waals surface area contributed by atoms with Crippen LogP contribution in [0.25, 0.3) is 0 Å². The molecule has 0 spiro atoms. The number of rotatable bonds is 3. The zero-order valence-corrected chi connectivity index (χ0v) is 9.99. The Bertz CT molecular complexity index is 539. The van der Waals surface area contributed by atoms with Crippen molar-refractivity contribution in [3.8, 4) is 0 Å². The summed E-state index contributed by atoms with van der Waals surface area (Å²) in [5.41, 5.74) is 5.76. The molecule has 0 atom stereocenters. The third kappa shape index (κ3) is 2.76. The molecule has 2 aromatic heterocycles. The topological polar surface area (TPSA) is 93.8 Å². The summed E-state index contributed by atoms with van der Waals surface area (Å²) in [6.45, 7) is 1.98. The number of nitrogens with zero attached hydrogens (tertiary/aromatic N) is 3. The molecule has 0 aliphatic carbocycles. The maximum Gasteiger partial charge on any atom is 0.276 e. The Morgan fingerprint density at radius 3 is 2.94 bits per heavy atom. The zero-order chi connectivity index (χ0) is 12.3. The van der Waals surface area contributed by atoms with E-state index >= 15 is 0 Å². The first-order valence-corrected chi connectivity index (χ1v) is 5.87.